The number of phenols is 1. The van der Waals surface area contributed by atoms with Crippen LogP contribution in [-0.2, 0) is 4.79 Å². The molecule has 0 spiro atoms. The Morgan fingerprint density at radius 1 is 1.45 bits per heavy atom. The standard InChI is InChI=1S/C14H14N2O3S/c1-8-3-10(6-17)14(19)11(4-8)12-5-13(16-15-12)20-7-9(2)18/h3-4,6,19H,5,7H2,1-2H3. The van der Waals surface area contributed by atoms with E-state index < -0.39 is 0 Å². The lowest BCUT2D eigenvalue weighted by atomic mass is 10.0. The molecule has 5 nitrogen and oxygen atoms in total. The van der Waals surface area contributed by atoms with Crippen molar-refractivity contribution in [3.05, 3.63) is 28.8 Å². The van der Waals surface area contributed by atoms with Crippen LogP contribution in [0.15, 0.2) is 22.3 Å². The zero-order valence-electron chi connectivity index (χ0n) is 11.2. The van der Waals surface area contributed by atoms with Crippen LogP contribution in [0.2, 0.25) is 0 Å². The maximum atomic E-state index is 10.9. The van der Waals surface area contributed by atoms with Crippen molar-refractivity contribution in [3.63, 3.8) is 0 Å². The number of nitrogens with zero attached hydrogens (tertiary/aromatic N) is 2. The second-order valence-electron chi connectivity index (χ2n) is 4.58. The minimum atomic E-state index is -0.0719. The summed E-state index contributed by atoms with van der Waals surface area (Å²) in [7, 11) is 0. The number of aromatic hydroxyl groups is 1. The summed E-state index contributed by atoms with van der Waals surface area (Å²) in [6.45, 7) is 3.37. The molecule has 1 aromatic rings. The van der Waals surface area contributed by atoms with Crippen LogP contribution in [0.25, 0.3) is 0 Å². The average molecular weight is 290 g/mol. The van der Waals surface area contributed by atoms with Crippen molar-refractivity contribution in [1.82, 2.24) is 0 Å². The second kappa shape index (κ2) is 6.00. The summed E-state index contributed by atoms with van der Waals surface area (Å²) >= 11 is 1.35. The number of carbonyl (C=O) groups excluding carboxylic acids is 2. The summed E-state index contributed by atoms with van der Waals surface area (Å²) in [6.07, 6.45) is 1.08. The van der Waals surface area contributed by atoms with Crippen molar-refractivity contribution in [3.8, 4) is 5.75 Å². The van der Waals surface area contributed by atoms with Crippen molar-refractivity contribution >= 4 is 34.6 Å². The molecule has 1 aliphatic rings. The first-order chi connectivity index (χ1) is 9.51. The fraction of sp³-hybridized carbons (Fsp3) is 0.286. The van der Waals surface area contributed by atoms with E-state index in [4.69, 9.17) is 0 Å². The van der Waals surface area contributed by atoms with E-state index in [1.54, 1.807) is 12.1 Å². The van der Waals surface area contributed by atoms with Crippen molar-refractivity contribution in [2.24, 2.45) is 10.2 Å². The number of hydrogen-bond donors (Lipinski definition) is 1. The molecular weight excluding hydrogens is 276 g/mol. The van der Waals surface area contributed by atoms with Gasteiger partial charge in [-0.2, -0.15) is 5.10 Å². The van der Waals surface area contributed by atoms with Gasteiger partial charge < -0.3 is 5.11 Å². The highest BCUT2D eigenvalue weighted by atomic mass is 32.2. The van der Waals surface area contributed by atoms with E-state index in [0.717, 1.165) is 10.6 Å². The number of aldehydes is 1. The maximum absolute atomic E-state index is 10.9. The molecule has 0 unspecified atom stereocenters. The summed E-state index contributed by atoms with van der Waals surface area (Å²) in [5.41, 5.74) is 2.25. The van der Waals surface area contributed by atoms with Gasteiger partial charge in [0.25, 0.3) is 0 Å². The summed E-state index contributed by atoms with van der Waals surface area (Å²) < 4.78 is 0. The molecule has 0 aliphatic carbocycles. The summed E-state index contributed by atoms with van der Waals surface area (Å²) in [4.78, 5) is 21.9. The minimum Gasteiger partial charge on any atom is -0.507 e. The Labute approximate surface area is 120 Å². The highest BCUT2D eigenvalue weighted by molar-refractivity contribution is 8.14. The van der Waals surface area contributed by atoms with Crippen molar-refractivity contribution in [2.45, 2.75) is 20.3 Å². The molecule has 0 fully saturated rings. The van der Waals surface area contributed by atoms with Crippen molar-refractivity contribution in [1.29, 1.82) is 0 Å². The molecule has 1 N–H and O–H groups in total. The van der Waals surface area contributed by atoms with Crippen LogP contribution in [0.1, 0.15) is 34.8 Å². The minimum absolute atomic E-state index is 0.0719. The highest BCUT2D eigenvalue weighted by Crippen LogP contribution is 2.28. The zero-order valence-corrected chi connectivity index (χ0v) is 12.0. The SMILES string of the molecule is CC(=O)CSC1=NN=C(c2cc(C)cc(C=O)c2O)C1. The van der Waals surface area contributed by atoms with E-state index in [2.05, 4.69) is 10.2 Å². The fourth-order valence-corrected chi connectivity index (χ4v) is 2.57. The number of carbonyl (C=O) groups is 2. The maximum Gasteiger partial charge on any atom is 0.153 e. The summed E-state index contributed by atoms with van der Waals surface area (Å²) in [5.74, 6) is 0.367. The third-order valence-electron chi connectivity index (χ3n) is 2.76. The second-order valence-corrected chi connectivity index (χ2v) is 5.62. The Kier molecular flexibility index (Phi) is 4.34. The molecule has 20 heavy (non-hydrogen) atoms. The molecule has 0 saturated heterocycles. The van der Waals surface area contributed by atoms with E-state index >= 15 is 0 Å². The lowest BCUT2D eigenvalue weighted by Gasteiger charge is -2.08. The predicted molar refractivity (Wildman–Crippen MR) is 80.0 cm³/mol. The van der Waals surface area contributed by atoms with Gasteiger partial charge in [0.2, 0.25) is 0 Å². The zero-order chi connectivity index (χ0) is 14.7. The quantitative estimate of drug-likeness (QED) is 0.863. The lowest BCUT2D eigenvalue weighted by Crippen LogP contribution is -2.05. The van der Waals surface area contributed by atoms with E-state index in [-0.39, 0.29) is 17.1 Å². The molecule has 1 aliphatic heterocycles. The first-order valence-corrected chi connectivity index (χ1v) is 7.04. The molecule has 6 heteroatoms. The van der Waals surface area contributed by atoms with Crippen molar-refractivity contribution < 1.29 is 14.7 Å². The Morgan fingerprint density at radius 2 is 2.20 bits per heavy atom. The van der Waals surface area contributed by atoms with Crippen LogP contribution in [0, 0.1) is 6.92 Å². The van der Waals surface area contributed by atoms with Crippen LogP contribution in [0.3, 0.4) is 0 Å². The van der Waals surface area contributed by atoms with Gasteiger partial charge in [0, 0.05) is 12.0 Å². The summed E-state index contributed by atoms with van der Waals surface area (Å²) in [5, 5.41) is 18.8. The molecule has 104 valence electrons. The van der Waals surface area contributed by atoms with Gasteiger partial charge in [-0.05, 0) is 31.5 Å². The van der Waals surface area contributed by atoms with Gasteiger partial charge in [-0.3, -0.25) is 9.59 Å². The molecule has 0 amide bonds. The predicted octanol–water partition coefficient (Wildman–Crippen LogP) is 2.34. The monoisotopic (exact) mass is 290 g/mol. The molecule has 0 radical (unpaired) electrons. The van der Waals surface area contributed by atoms with E-state index in [0.29, 0.717) is 29.7 Å². The van der Waals surface area contributed by atoms with Crippen LogP contribution < -0.4 is 0 Å². The molecule has 0 bridgehead atoms. The molecule has 1 aromatic carbocycles. The van der Waals surface area contributed by atoms with Gasteiger partial charge in [0.05, 0.1) is 17.0 Å². The summed E-state index contributed by atoms with van der Waals surface area (Å²) in [6, 6.07) is 3.39. The fourth-order valence-electron chi connectivity index (χ4n) is 1.86. The van der Waals surface area contributed by atoms with E-state index in [1.165, 1.54) is 18.7 Å². The number of benzene rings is 1. The van der Waals surface area contributed by atoms with Gasteiger partial charge in [-0.25, -0.2) is 0 Å². The van der Waals surface area contributed by atoms with Gasteiger partial charge in [-0.15, -0.1) is 16.9 Å². The van der Waals surface area contributed by atoms with Crippen LogP contribution in [0.4, 0.5) is 0 Å². The van der Waals surface area contributed by atoms with Crippen LogP contribution >= 0.6 is 11.8 Å². The molecular formula is C14H14N2O3S. The number of aryl methyl sites for hydroxylation is 1. The third-order valence-corrected chi connectivity index (χ3v) is 3.87. The molecule has 1 heterocycles. The molecule has 0 atom stereocenters. The molecule has 2 rings (SSSR count). The normalized spacial score (nSPS) is 13.9. The first-order valence-electron chi connectivity index (χ1n) is 6.06. The van der Waals surface area contributed by atoms with E-state index in [9.17, 15) is 14.7 Å². The van der Waals surface area contributed by atoms with Gasteiger partial charge in [-0.1, -0.05) is 0 Å². The highest BCUT2D eigenvalue weighted by Gasteiger charge is 2.20. The number of ketones is 1. The Bertz CT molecular complexity index is 636. The number of thioether (sulfide) groups is 1. The van der Waals surface area contributed by atoms with Gasteiger partial charge in [0.1, 0.15) is 16.6 Å². The Balaban J connectivity index is 2.18. The number of hydrogen-bond acceptors (Lipinski definition) is 6. The molecule has 0 saturated carbocycles. The topological polar surface area (TPSA) is 79.1 Å². The third kappa shape index (κ3) is 3.14. The largest absolute Gasteiger partial charge is 0.507 e. The lowest BCUT2D eigenvalue weighted by molar-refractivity contribution is -0.114. The van der Waals surface area contributed by atoms with Gasteiger partial charge in [0.15, 0.2) is 6.29 Å². The smallest absolute Gasteiger partial charge is 0.153 e. The molecule has 0 aromatic heterocycles. The number of phenolic OH excluding ortho intramolecular Hbond substituents is 1. The number of Topliss-reactive ketones (excluding diaryl/α,β-unsaturated/α-hetero) is 1. The first kappa shape index (κ1) is 14.5. The Hall–Kier alpha value is -1.95. The van der Waals surface area contributed by atoms with Crippen molar-refractivity contribution in [2.75, 3.05) is 5.75 Å². The number of rotatable bonds is 4. The Morgan fingerprint density at radius 3 is 2.85 bits per heavy atom. The average Bonchev–Trinajstić information content (AvgIpc) is 2.87. The van der Waals surface area contributed by atoms with Gasteiger partial charge >= 0.3 is 0 Å². The van der Waals surface area contributed by atoms with Crippen LogP contribution in [0.5, 0.6) is 5.75 Å². The van der Waals surface area contributed by atoms with Crippen LogP contribution in [-0.4, -0.2) is 33.7 Å². The van der Waals surface area contributed by atoms with E-state index in [1.807, 2.05) is 6.92 Å².